The summed E-state index contributed by atoms with van der Waals surface area (Å²) < 4.78 is 0. The molecule has 2 heterocycles. The van der Waals surface area contributed by atoms with Crippen LogP contribution in [0.4, 0.5) is 0 Å². The van der Waals surface area contributed by atoms with Crippen LogP contribution in [0.1, 0.15) is 61.0 Å². The molecule has 0 bridgehead atoms. The Balaban J connectivity index is 1.36. The van der Waals surface area contributed by atoms with E-state index in [-0.39, 0.29) is 17.4 Å². The normalized spacial score (nSPS) is 20.8. The topological polar surface area (TPSA) is 61.0 Å². The first kappa shape index (κ1) is 19.5. The Labute approximate surface area is 171 Å². The molecular formula is C22H29ClN4O. The third kappa shape index (κ3) is 4.41. The summed E-state index contributed by atoms with van der Waals surface area (Å²) in [4.78, 5) is 14.8. The molecule has 1 aliphatic heterocycles. The number of amides is 1. The number of hydrogen-bond donors (Lipinski definition) is 2. The SMILES string of the molecule is O=C(NC1CCN(CC2(c3ccc(Cl)cc3)CCCCC2)CC1)c1ccn[nH]1. The van der Waals surface area contributed by atoms with E-state index in [1.165, 1.54) is 37.7 Å². The third-order valence-electron chi connectivity index (χ3n) is 6.46. The van der Waals surface area contributed by atoms with E-state index in [4.69, 9.17) is 11.6 Å². The van der Waals surface area contributed by atoms with Crippen molar-refractivity contribution in [2.75, 3.05) is 19.6 Å². The van der Waals surface area contributed by atoms with Crippen LogP contribution in [0.15, 0.2) is 36.5 Å². The number of carbonyl (C=O) groups excluding carboxylic acids is 1. The van der Waals surface area contributed by atoms with Gasteiger partial charge in [-0.05, 0) is 49.4 Å². The average Bonchev–Trinajstić information content (AvgIpc) is 3.26. The minimum Gasteiger partial charge on any atom is -0.348 e. The van der Waals surface area contributed by atoms with Gasteiger partial charge >= 0.3 is 0 Å². The summed E-state index contributed by atoms with van der Waals surface area (Å²) in [6, 6.07) is 10.5. The molecule has 0 radical (unpaired) electrons. The van der Waals surface area contributed by atoms with Gasteiger partial charge in [0.05, 0.1) is 0 Å². The number of nitrogens with one attached hydrogen (secondary N) is 2. The van der Waals surface area contributed by atoms with Crippen LogP contribution in [0.5, 0.6) is 0 Å². The minimum atomic E-state index is -0.0548. The van der Waals surface area contributed by atoms with E-state index in [9.17, 15) is 4.79 Å². The lowest BCUT2D eigenvalue weighted by Crippen LogP contribution is -2.49. The summed E-state index contributed by atoms with van der Waals surface area (Å²) >= 11 is 6.13. The molecule has 2 fully saturated rings. The summed E-state index contributed by atoms with van der Waals surface area (Å²) in [6.07, 6.45) is 10.1. The maximum Gasteiger partial charge on any atom is 0.269 e. The highest BCUT2D eigenvalue weighted by Gasteiger charge is 2.36. The smallest absolute Gasteiger partial charge is 0.269 e. The predicted molar refractivity (Wildman–Crippen MR) is 112 cm³/mol. The lowest BCUT2D eigenvalue weighted by molar-refractivity contribution is 0.0886. The molecule has 4 rings (SSSR count). The first-order chi connectivity index (χ1) is 13.6. The molecule has 1 aromatic heterocycles. The van der Waals surface area contributed by atoms with Crippen molar-refractivity contribution in [1.29, 1.82) is 0 Å². The largest absolute Gasteiger partial charge is 0.348 e. The summed E-state index contributed by atoms with van der Waals surface area (Å²) in [5.41, 5.74) is 2.21. The van der Waals surface area contributed by atoms with Gasteiger partial charge in [0.1, 0.15) is 5.69 Å². The van der Waals surface area contributed by atoms with Crippen molar-refractivity contribution in [3.8, 4) is 0 Å². The van der Waals surface area contributed by atoms with E-state index in [1.807, 2.05) is 12.1 Å². The van der Waals surface area contributed by atoms with Gasteiger partial charge in [-0.25, -0.2) is 0 Å². The van der Waals surface area contributed by atoms with Crippen LogP contribution in [-0.2, 0) is 5.41 Å². The Morgan fingerprint density at radius 3 is 2.50 bits per heavy atom. The number of benzene rings is 1. The highest BCUT2D eigenvalue weighted by molar-refractivity contribution is 6.30. The Kier molecular flexibility index (Phi) is 6.02. The Morgan fingerprint density at radius 2 is 1.86 bits per heavy atom. The van der Waals surface area contributed by atoms with E-state index >= 15 is 0 Å². The molecule has 0 unspecified atom stereocenters. The number of piperidine rings is 1. The quantitative estimate of drug-likeness (QED) is 0.792. The zero-order chi connectivity index (χ0) is 19.4. The van der Waals surface area contributed by atoms with Gasteiger partial charge < -0.3 is 10.2 Å². The van der Waals surface area contributed by atoms with Gasteiger partial charge in [-0.15, -0.1) is 0 Å². The van der Waals surface area contributed by atoms with Gasteiger partial charge in [0, 0.05) is 42.3 Å². The van der Waals surface area contributed by atoms with Crippen molar-refractivity contribution in [2.45, 2.75) is 56.4 Å². The zero-order valence-electron chi connectivity index (χ0n) is 16.3. The van der Waals surface area contributed by atoms with Crippen LogP contribution < -0.4 is 5.32 Å². The van der Waals surface area contributed by atoms with Crippen molar-refractivity contribution in [3.05, 3.63) is 52.8 Å². The highest BCUT2D eigenvalue weighted by Crippen LogP contribution is 2.41. The molecule has 1 aliphatic carbocycles. The molecule has 6 heteroatoms. The Bertz CT molecular complexity index is 760. The van der Waals surface area contributed by atoms with Crippen molar-refractivity contribution in [2.24, 2.45) is 0 Å². The maximum atomic E-state index is 12.2. The maximum absolute atomic E-state index is 12.2. The molecule has 1 saturated heterocycles. The van der Waals surface area contributed by atoms with Crippen molar-refractivity contribution >= 4 is 17.5 Å². The van der Waals surface area contributed by atoms with Gasteiger partial charge in [0.15, 0.2) is 0 Å². The number of H-pyrrole nitrogens is 1. The molecule has 1 saturated carbocycles. The van der Waals surface area contributed by atoms with Gasteiger partial charge in [-0.2, -0.15) is 5.10 Å². The van der Waals surface area contributed by atoms with Gasteiger partial charge in [0.2, 0.25) is 0 Å². The zero-order valence-corrected chi connectivity index (χ0v) is 17.0. The van der Waals surface area contributed by atoms with Crippen molar-refractivity contribution in [1.82, 2.24) is 20.4 Å². The Morgan fingerprint density at radius 1 is 1.14 bits per heavy atom. The van der Waals surface area contributed by atoms with Crippen LogP contribution in [-0.4, -0.2) is 46.7 Å². The number of aromatic nitrogens is 2. The van der Waals surface area contributed by atoms with Crippen LogP contribution >= 0.6 is 11.6 Å². The van der Waals surface area contributed by atoms with Crippen LogP contribution in [0.25, 0.3) is 0 Å². The van der Waals surface area contributed by atoms with Gasteiger partial charge in [-0.3, -0.25) is 9.89 Å². The molecule has 150 valence electrons. The summed E-state index contributed by atoms with van der Waals surface area (Å²) in [6.45, 7) is 3.17. The molecule has 1 aromatic carbocycles. The average molecular weight is 401 g/mol. The van der Waals surface area contributed by atoms with E-state index in [0.717, 1.165) is 37.5 Å². The lowest BCUT2D eigenvalue weighted by Gasteiger charge is -2.44. The van der Waals surface area contributed by atoms with Gasteiger partial charge in [0.25, 0.3) is 5.91 Å². The summed E-state index contributed by atoms with van der Waals surface area (Å²) in [5, 5.41) is 10.5. The summed E-state index contributed by atoms with van der Waals surface area (Å²) in [5.74, 6) is -0.0548. The fourth-order valence-electron chi connectivity index (χ4n) is 4.88. The lowest BCUT2D eigenvalue weighted by atomic mass is 9.69. The second-order valence-electron chi connectivity index (χ2n) is 8.34. The monoisotopic (exact) mass is 400 g/mol. The van der Waals surface area contributed by atoms with Crippen molar-refractivity contribution in [3.63, 3.8) is 0 Å². The third-order valence-corrected chi connectivity index (χ3v) is 6.71. The molecule has 0 spiro atoms. The fourth-order valence-corrected chi connectivity index (χ4v) is 5.00. The molecule has 0 atom stereocenters. The summed E-state index contributed by atoms with van der Waals surface area (Å²) in [7, 11) is 0. The van der Waals surface area contributed by atoms with Crippen LogP contribution in [0.2, 0.25) is 5.02 Å². The van der Waals surface area contributed by atoms with Crippen LogP contribution in [0, 0.1) is 0 Å². The number of nitrogens with zero attached hydrogens (tertiary/aromatic N) is 2. The number of carbonyl (C=O) groups is 1. The standard InChI is InChI=1S/C22H29ClN4O/c23-18-6-4-17(5-7-18)22(11-2-1-3-12-22)16-27-14-9-19(10-15-27)25-21(28)20-8-13-24-26-20/h4-8,13,19H,1-3,9-12,14-16H2,(H,24,26)(H,25,28). The molecule has 2 N–H and O–H groups in total. The van der Waals surface area contributed by atoms with E-state index in [2.05, 4.69) is 32.5 Å². The molecule has 2 aromatic rings. The minimum absolute atomic E-state index is 0.0548. The second kappa shape index (κ2) is 8.66. The number of hydrogen-bond acceptors (Lipinski definition) is 3. The van der Waals surface area contributed by atoms with E-state index in [0.29, 0.717) is 5.69 Å². The van der Waals surface area contributed by atoms with Gasteiger partial charge in [-0.1, -0.05) is 43.0 Å². The first-order valence-electron chi connectivity index (χ1n) is 10.4. The van der Waals surface area contributed by atoms with Crippen molar-refractivity contribution < 1.29 is 4.79 Å². The second-order valence-corrected chi connectivity index (χ2v) is 8.78. The van der Waals surface area contributed by atoms with E-state index in [1.54, 1.807) is 12.3 Å². The molecular weight excluding hydrogens is 372 g/mol. The predicted octanol–water partition coefficient (Wildman–Crippen LogP) is 4.16. The number of aromatic amines is 1. The molecule has 28 heavy (non-hydrogen) atoms. The molecule has 5 nitrogen and oxygen atoms in total. The number of halogens is 1. The Hall–Kier alpha value is -1.85. The molecule has 1 amide bonds. The fraction of sp³-hybridized carbons (Fsp3) is 0.545. The van der Waals surface area contributed by atoms with E-state index < -0.39 is 0 Å². The molecule has 2 aliphatic rings. The number of rotatable bonds is 5. The van der Waals surface area contributed by atoms with Crippen LogP contribution in [0.3, 0.4) is 0 Å². The highest BCUT2D eigenvalue weighted by atomic mass is 35.5. The first-order valence-corrected chi connectivity index (χ1v) is 10.8. The number of likely N-dealkylation sites (tertiary alicyclic amines) is 1.